The van der Waals surface area contributed by atoms with Crippen LogP contribution in [0, 0.1) is 5.92 Å². The van der Waals surface area contributed by atoms with Crippen LogP contribution in [-0.4, -0.2) is 47.9 Å². The molecule has 0 atom stereocenters. The first-order valence-electron chi connectivity index (χ1n) is 9.48. The van der Waals surface area contributed by atoms with Gasteiger partial charge < -0.3 is 15.1 Å². The Balaban J connectivity index is 1.55. The van der Waals surface area contributed by atoms with Crippen LogP contribution in [0.5, 0.6) is 0 Å². The lowest BCUT2D eigenvalue weighted by Gasteiger charge is -2.35. The van der Waals surface area contributed by atoms with Crippen molar-refractivity contribution in [2.24, 2.45) is 5.92 Å². The Labute approximate surface area is 170 Å². The second-order valence-electron chi connectivity index (χ2n) is 7.31. The van der Waals surface area contributed by atoms with Crippen molar-refractivity contribution in [1.29, 1.82) is 0 Å². The van der Waals surface area contributed by atoms with E-state index in [0.29, 0.717) is 54.8 Å². The molecule has 1 N–H and O–H groups in total. The van der Waals surface area contributed by atoms with Crippen molar-refractivity contribution in [1.82, 2.24) is 9.88 Å². The molecule has 1 fully saturated rings. The van der Waals surface area contributed by atoms with Gasteiger partial charge in [0.05, 0.1) is 22.5 Å². The molecule has 1 aliphatic heterocycles. The number of hydrogen-bond acceptors (Lipinski definition) is 4. The van der Waals surface area contributed by atoms with Gasteiger partial charge in [-0.2, -0.15) is 0 Å². The van der Waals surface area contributed by atoms with Gasteiger partial charge in [-0.15, -0.1) is 0 Å². The van der Waals surface area contributed by atoms with Gasteiger partial charge in [-0.3, -0.25) is 9.59 Å². The van der Waals surface area contributed by atoms with Crippen molar-refractivity contribution in [3.63, 3.8) is 0 Å². The summed E-state index contributed by atoms with van der Waals surface area (Å²) in [6.45, 7) is 6.63. The average Bonchev–Trinajstić information content (AvgIpc) is 2.68. The Bertz CT molecular complexity index is 831. The average molecular weight is 401 g/mol. The summed E-state index contributed by atoms with van der Waals surface area (Å²) in [6.07, 6.45) is 2.16. The predicted octanol–water partition coefficient (Wildman–Crippen LogP) is 3.68. The second kappa shape index (κ2) is 9.06. The zero-order valence-corrected chi connectivity index (χ0v) is 16.9. The third-order valence-electron chi connectivity index (χ3n) is 4.62. The quantitative estimate of drug-likeness (QED) is 0.831. The number of anilines is 2. The molecule has 7 heteroatoms. The van der Waals surface area contributed by atoms with Gasteiger partial charge in [-0.25, -0.2) is 4.98 Å². The molecule has 148 valence electrons. The number of nitrogens with zero attached hydrogens (tertiary/aromatic N) is 3. The maximum Gasteiger partial charge on any atom is 0.255 e. The molecule has 1 saturated heterocycles. The molecule has 0 radical (unpaired) electrons. The Morgan fingerprint density at radius 1 is 1.11 bits per heavy atom. The van der Waals surface area contributed by atoms with Crippen molar-refractivity contribution in [3.05, 3.63) is 53.2 Å². The molecule has 1 aromatic carbocycles. The SMILES string of the molecule is CC(C)CC(=O)Nc1ccc(N2CCN(C(=O)c3ccccc3Cl)CC2)nc1. The van der Waals surface area contributed by atoms with Gasteiger partial charge in [0.2, 0.25) is 5.91 Å². The Hall–Kier alpha value is -2.60. The fourth-order valence-corrected chi connectivity index (χ4v) is 3.39. The molecule has 1 aliphatic rings. The van der Waals surface area contributed by atoms with Crippen LogP contribution in [-0.2, 0) is 4.79 Å². The Morgan fingerprint density at radius 3 is 2.43 bits per heavy atom. The monoisotopic (exact) mass is 400 g/mol. The smallest absolute Gasteiger partial charge is 0.255 e. The molecule has 0 aliphatic carbocycles. The number of hydrogen-bond donors (Lipinski definition) is 1. The minimum atomic E-state index is -0.0403. The summed E-state index contributed by atoms with van der Waals surface area (Å²) in [4.78, 5) is 32.9. The number of pyridine rings is 1. The number of carbonyl (C=O) groups excluding carboxylic acids is 2. The van der Waals surface area contributed by atoms with Gasteiger partial charge >= 0.3 is 0 Å². The van der Waals surface area contributed by atoms with Crippen LogP contribution in [0.3, 0.4) is 0 Å². The van der Waals surface area contributed by atoms with E-state index in [2.05, 4.69) is 15.2 Å². The molecular formula is C21H25ClN4O2. The Kier molecular flexibility index (Phi) is 6.52. The van der Waals surface area contributed by atoms with Crippen molar-refractivity contribution in [3.8, 4) is 0 Å². The molecule has 2 aromatic rings. The maximum absolute atomic E-state index is 12.7. The number of halogens is 1. The normalized spacial score (nSPS) is 14.3. The highest BCUT2D eigenvalue weighted by atomic mass is 35.5. The number of amides is 2. The highest BCUT2D eigenvalue weighted by molar-refractivity contribution is 6.33. The van der Waals surface area contributed by atoms with E-state index in [1.54, 1.807) is 18.3 Å². The summed E-state index contributed by atoms with van der Waals surface area (Å²) >= 11 is 6.14. The predicted molar refractivity (Wildman–Crippen MR) is 112 cm³/mol. The van der Waals surface area contributed by atoms with Crippen LogP contribution in [0.1, 0.15) is 30.6 Å². The Morgan fingerprint density at radius 2 is 1.82 bits per heavy atom. The highest BCUT2D eigenvalue weighted by Gasteiger charge is 2.24. The van der Waals surface area contributed by atoms with Crippen molar-refractivity contribution >= 4 is 34.9 Å². The van der Waals surface area contributed by atoms with Crippen molar-refractivity contribution in [2.45, 2.75) is 20.3 Å². The number of aromatic nitrogens is 1. The van der Waals surface area contributed by atoms with Gasteiger partial charge in [0, 0.05) is 32.6 Å². The molecule has 0 spiro atoms. The lowest BCUT2D eigenvalue weighted by atomic mass is 10.1. The van der Waals surface area contributed by atoms with Crippen molar-refractivity contribution in [2.75, 3.05) is 36.4 Å². The van der Waals surface area contributed by atoms with E-state index in [4.69, 9.17) is 11.6 Å². The van der Waals surface area contributed by atoms with Crippen LogP contribution >= 0.6 is 11.6 Å². The van der Waals surface area contributed by atoms with E-state index >= 15 is 0 Å². The van der Waals surface area contributed by atoms with E-state index in [1.165, 1.54) is 0 Å². The van der Waals surface area contributed by atoms with Gasteiger partial charge in [-0.05, 0) is 30.2 Å². The summed E-state index contributed by atoms with van der Waals surface area (Å²) < 4.78 is 0. The second-order valence-corrected chi connectivity index (χ2v) is 7.72. The number of benzene rings is 1. The minimum absolute atomic E-state index is 0.00347. The number of carbonyl (C=O) groups is 2. The topological polar surface area (TPSA) is 65.5 Å². The lowest BCUT2D eigenvalue weighted by molar-refractivity contribution is -0.116. The molecule has 0 bridgehead atoms. The molecule has 3 rings (SSSR count). The molecular weight excluding hydrogens is 376 g/mol. The zero-order valence-electron chi connectivity index (χ0n) is 16.2. The molecule has 6 nitrogen and oxygen atoms in total. The third kappa shape index (κ3) is 5.01. The van der Waals surface area contributed by atoms with Crippen LogP contribution < -0.4 is 10.2 Å². The molecule has 2 amide bonds. The number of piperazine rings is 1. The summed E-state index contributed by atoms with van der Waals surface area (Å²) in [7, 11) is 0. The maximum atomic E-state index is 12.7. The van der Waals surface area contributed by atoms with Crippen molar-refractivity contribution < 1.29 is 9.59 Å². The zero-order chi connectivity index (χ0) is 20.1. The minimum Gasteiger partial charge on any atom is -0.353 e. The fraction of sp³-hybridized carbons (Fsp3) is 0.381. The molecule has 2 heterocycles. The van der Waals surface area contributed by atoms with Gasteiger partial charge in [0.1, 0.15) is 5.82 Å². The molecule has 0 unspecified atom stereocenters. The first kappa shape index (κ1) is 20.1. The summed E-state index contributed by atoms with van der Waals surface area (Å²) in [5.74, 6) is 1.11. The number of nitrogens with one attached hydrogen (secondary N) is 1. The molecule has 28 heavy (non-hydrogen) atoms. The third-order valence-corrected chi connectivity index (χ3v) is 4.95. The first-order valence-corrected chi connectivity index (χ1v) is 9.86. The van der Waals surface area contributed by atoms with Crippen LogP contribution in [0.2, 0.25) is 5.02 Å². The number of rotatable bonds is 5. The lowest BCUT2D eigenvalue weighted by Crippen LogP contribution is -2.49. The first-order chi connectivity index (χ1) is 13.4. The van der Waals surface area contributed by atoms with E-state index < -0.39 is 0 Å². The van der Waals surface area contributed by atoms with Crippen LogP contribution in [0.15, 0.2) is 42.6 Å². The van der Waals surface area contributed by atoms with E-state index in [9.17, 15) is 9.59 Å². The molecule has 1 aromatic heterocycles. The van der Waals surface area contributed by atoms with E-state index in [1.807, 2.05) is 43.0 Å². The highest BCUT2D eigenvalue weighted by Crippen LogP contribution is 2.20. The van der Waals surface area contributed by atoms with E-state index in [0.717, 1.165) is 5.82 Å². The van der Waals surface area contributed by atoms with Gasteiger partial charge in [-0.1, -0.05) is 37.6 Å². The standard InChI is InChI=1S/C21H25ClN4O2/c1-15(2)13-20(27)24-16-7-8-19(23-14-16)25-9-11-26(12-10-25)21(28)17-5-3-4-6-18(17)22/h3-8,14-15H,9-13H2,1-2H3,(H,24,27). The van der Waals surface area contributed by atoms with Gasteiger partial charge in [0.15, 0.2) is 0 Å². The van der Waals surface area contributed by atoms with Crippen LogP contribution in [0.4, 0.5) is 11.5 Å². The summed E-state index contributed by atoms with van der Waals surface area (Å²) in [5.41, 5.74) is 1.24. The summed E-state index contributed by atoms with van der Waals surface area (Å²) in [5, 5.41) is 3.34. The summed E-state index contributed by atoms with van der Waals surface area (Å²) in [6, 6.07) is 10.9. The van der Waals surface area contributed by atoms with Crippen LogP contribution in [0.25, 0.3) is 0 Å². The largest absolute Gasteiger partial charge is 0.353 e. The van der Waals surface area contributed by atoms with E-state index in [-0.39, 0.29) is 11.8 Å². The fourth-order valence-electron chi connectivity index (χ4n) is 3.17. The molecule has 0 saturated carbocycles. The van der Waals surface area contributed by atoms with Gasteiger partial charge in [0.25, 0.3) is 5.91 Å².